The number of rotatable bonds is 6. The highest BCUT2D eigenvalue weighted by Crippen LogP contribution is 2.09. The van der Waals surface area contributed by atoms with Gasteiger partial charge < -0.3 is 11.1 Å². The van der Waals surface area contributed by atoms with E-state index in [0.717, 1.165) is 11.3 Å². The molecule has 0 unspecified atom stereocenters. The van der Waals surface area contributed by atoms with E-state index >= 15 is 0 Å². The maximum atomic E-state index is 11.9. The molecule has 0 bridgehead atoms. The largest absolute Gasteiger partial charge is 0.383 e. The van der Waals surface area contributed by atoms with Crippen molar-refractivity contribution in [2.45, 2.75) is 6.42 Å². The summed E-state index contributed by atoms with van der Waals surface area (Å²) < 4.78 is 0. The average Bonchev–Trinajstić information content (AvgIpc) is 2.62. The number of hydrogen-bond acceptors (Lipinski definition) is 5. The van der Waals surface area contributed by atoms with Crippen molar-refractivity contribution in [2.24, 2.45) is 5.73 Å². The molecule has 6 nitrogen and oxygen atoms in total. The summed E-state index contributed by atoms with van der Waals surface area (Å²) in [5, 5.41) is 12.2. The predicted octanol–water partition coefficient (Wildman–Crippen LogP) is 1.98. The predicted molar refractivity (Wildman–Crippen MR) is 101 cm³/mol. The van der Waals surface area contributed by atoms with Crippen molar-refractivity contribution in [3.8, 4) is 6.07 Å². The van der Waals surface area contributed by atoms with E-state index in [1.165, 1.54) is 0 Å². The zero-order valence-corrected chi connectivity index (χ0v) is 14.1. The Labute approximate surface area is 151 Å². The van der Waals surface area contributed by atoms with Crippen molar-refractivity contribution in [2.75, 3.05) is 5.32 Å². The second kappa shape index (κ2) is 9.05. The highest BCUT2D eigenvalue weighted by atomic mass is 32.1. The summed E-state index contributed by atoms with van der Waals surface area (Å²) in [5.41, 5.74) is 12.5. The van der Waals surface area contributed by atoms with Crippen molar-refractivity contribution in [3.63, 3.8) is 0 Å². The number of anilines is 1. The molecule has 0 aliphatic rings. The van der Waals surface area contributed by atoms with Crippen LogP contribution in [-0.4, -0.2) is 10.9 Å². The highest BCUT2D eigenvalue weighted by Gasteiger charge is 2.11. The minimum absolute atomic E-state index is 0.0302. The monoisotopic (exact) mass is 351 g/mol. The second-order valence-corrected chi connectivity index (χ2v) is 5.46. The SMILES string of the molecule is N#C/C(C(=S)Nc1ccccc1)=C(\N)NNC(=O)Cc1ccccc1. The molecule has 0 spiro atoms. The van der Waals surface area contributed by atoms with E-state index in [4.69, 9.17) is 18.0 Å². The van der Waals surface area contributed by atoms with Crippen LogP contribution in [0.15, 0.2) is 72.1 Å². The molecule has 2 aromatic rings. The fourth-order valence-electron chi connectivity index (χ4n) is 1.97. The Hall–Kier alpha value is -3.37. The third kappa shape index (κ3) is 5.64. The first kappa shape index (κ1) is 18.0. The topological polar surface area (TPSA) is 103 Å². The van der Waals surface area contributed by atoms with Gasteiger partial charge in [-0.3, -0.25) is 15.6 Å². The fourth-order valence-corrected chi connectivity index (χ4v) is 2.25. The second-order valence-electron chi connectivity index (χ2n) is 5.06. The number of thiocarbonyl (C=S) groups is 1. The maximum absolute atomic E-state index is 11.9. The maximum Gasteiger partial charge on any atom is 0.242 e. The van der Waals surface area contributed by atoms with Gasteiger partial charge in [-0.25, -0.2) is 0 Å². The van der Waals surface area contributed by atoms with E-state index in [0.29, 0.717) is 0 Å². The molecule has 0 atom stereocenters. The molecule has 0 saturated heterocycles. The number of para-hydroxylation sites is 1. The molecule has 0 fully saturated rings. The van der Waals surface area contributed by atoms with Crippen molar-refractivity contribution < 1.29 is 4.79 Å². The number of carbonyl (C=O) groups excluding carboxylic acids is 1. The van der Waals surface area contributed by atoms with Gasteiger partial charge in [0.1, 0.15) is 22.5 Å². The molecule has 0 radical (unpaired) electrons. The van der Waals surface area contributed by atoms with Gasteiger partial charge in [-0.05, 0) is 17.7 Å². The van der Waals surface area contributed by atoms with E-state index in [1.807, 2.05) is 66.7 Å². The number of nitrogens with zero attached hydrogens (tertiary/aromatic N) is 1. The van der Waals surface area contributed by atoms with Gasteiger partial charge in [-0.1, -0.05) is 60.7 Å². The first-order chi connectivity index (χ1) is 12.1. The Morgan fingerprint density at radius 3 is 2.24 bits per heavy atom. The molecule has 0 aromatic heterocycles. The molecule has 126 valence electrons. The van der Waals surface area contributed by atoms with Crippen molar-refractivity contribution in [3.05, 3.63) is 77.6 Å². The van der Waals surface area contributed by atoms with Crippen LogP contribution in [0.3, 0.4) is 0 Å². The Kier molecular flexibility index (Phi) is 6.51. The van der Waals surface area contributed by atoms with Gasteiger partial charge in [0.25, 0.3) is 0 Å². The number of benzene rings is 2. The summed E-state index contributed by atoms with van der Waals surface area (Å²) in [6.45, 7) is 0. The van der Waals surface area contributed by atoms with E-state index in [1.54, 1.807) is 0 Å². The number of hydrogen-bond donors (Lipinski definition) is 4. The molecular formula is C18H17N5OS. The van der Waals surface area contributed by atoms with Crippen molar-refractivity contribution in [1.29, 1.82) is 5.26 Å². The van der Waals surface area contributed by atoms with Crippen LogP contribution in [0.5, 0.6) is 0 Å². The molecule has 5 N–H and O–H groups in total. The number of nitrogens with one attached hydrogen (secondary N) is 3. The van der Waals surface area contributed by atoms with Crippen LogP contribution in [0.1, 0.15) is 5.56 Å². The van der Waals surface area contributed by atoms with Gasteiger partial charge in [-0.15, -0.1) is 0 Å². The summed E-state index contributed by atoms with van der Waals surface area (Å²) in [5.74, 6) is -0.314. The van der Waals surface area contributed by atoms with Crippen LogP contribution in [0, 0.1) is 11.3 Å². The van der Waals surface area contributed by atoms with Gasteiger partial charge in [0.05, 0.1) is 6.42 Å². The number of nitriles is 1. The summed E-state index contributed by atoms with van der Waals surface area (Å²) in [6, 6.07) is 20.4. The smallest absolute Gasteiger partial charge is 0.242 e. The van der Waals surface area contributed by atoms with Crippen LogP contribution in [0.2, 0.25) is 0 Å². The van der Waals surface area contributed by atoms with Gasteiger partial charge in [0.15, 0.2) is 0 Å². The third-order valence-electron chi connectivity index (χ3n) is 3.18. The molecular weight excluding hydrogens is 334 g/mol. The van der Waals surface area contributed by atoms with Gasteiger partial charge >= 0.3 is 0 Å². The lowest BCUT2D eigenvalue weighted by molar-refractivity contribution is -0.121. The number of carbonyl (C=O) groups is 1. The number of amides is 1. The van der Waals surface area contributed by atoms with E-state index in [2.05, 4.69) is 16.2 Å². The van der Waals surface area contributed by atoms with E-state index in [-0.39, 0.29) is 28.7 Å². The van der Waals surface area contributed by atoms with Crippen LogP contribution >= 0.6 is 12.2 Å². The molecule has 0 saturated carbocycles. The zero-order chi connectivity index (χ0) is 18.1. The Bertz CT molecular complexity index is 812. The van der Waals surface area contributed by atoms with E-state index < -0.39 is 0 Å². The lowest BCUT2D eigenvalue weighted by Crippen LogP contribution is -2.41. The zero-order valence-electron chi connectivity index (χ0n) is 13.3. The number of nitrogens with two attached hydrogens (primary N) is 1. The normalized spacial score (nSPS) is 10.8. The average molecular weight is 351 g/mol. The summed E-state index contributed by atoms with van der Waals surface area (Å²) in [7, 11) is 0. The van der Waals surface area contributed by atoms with Crippen LogP contribution in [0.4, 0.5) is 5.69 Å². The molecule has 0 heterocycles. The molecule has 2 aromatic carbocycles. The standard InChI is InChI=1S/C18H17N5OS/c19-12-15(18(25)21-14-9-5-2-6-10-14)17(20)23-22-16(24)11-13-7-3-1-4-8-13/h1-10,23H,11,20H2,(H,21,25)(H,22,24)/b17-15-. The molecule has 1 amide bonds. The lowest BCUT2D eigenvalue weighted by atomic mass is 10.1. The van der Waals surface area contributed by atoms with Crippen LogP contribution < -0.4 is 21.9 Å². The quantitative estimate of drug-likeness (QED) is 0.275. The molecule has 7 heteroatoms. The molecule has 0 aliphatic heterocycles. The van der Waals surface area contributed by atoms with Crippen molar-refractivity contribution >= 4 is 28.8 Å². The fraction of sp³-hybridized carbons (Fsp3) is 0.0556. The molecule has 25 heavy (non-hydrogen) atoms. The third-order valence-corrected chi connectivity index (χ3v) is 3.49. The van der Waals surface area contributed by atoms with Gasteiger partial charge in [0, 0.05) is 5.69 Å². The Morgan fingerprint density at radius 2 is 1.64 bits per heavy atom. The van der Waals surface area contributed by atoms with Crippen LogP contribution in [-0.2, 0) is 11.2 Å². The summed E-state index contributed by atoms with van der Waals surface area (Å²) >= 11 is 5.19. The number of hydrazine groups is 1. The summed E-state index contributed by atoms with van der Waals surface area (Å²) in [4.78, 5) is 12.1. The molecule has 2 rings (SSSR count). The van der Waals surface area contributed by atoms with Crippen LogP contribution in [0.25, 0.3) is 0 Å². The molecule has 0 aliphatic carbocycles. The van der Waals surface area contributed by atoms with Gasteiger partial charge in [-0.2, -0.15) is 5.26 Å². The highest BCUT2D eigenvalue weighted by molar-refractivity contribution is 7.81. The Balaban J connectivity index is 1.95. The summed E-state index contributed by atoms with van der Waals surface area (Å²) in [6.07, 6.45) is 0.190. The van der Waals surface area contributed by atoms with Gasteiger partial charge in [0.2, 0.25) is 5.91 Å². The lowest BCUT2D eigenvalue weighted by Gasteiger charge is -2.12. The van der Waals surface area contributed by atoms with Crippen molar-refractivity contribution in [1.82, 2.24) is 10.9 Å². The first-order valence-electron chi connectivity index (χ1n) is 7.45. The first-order valence-corrected chi connectivity index (χ1v) is 7.86. The minimum Gasteiger partial charge on any atom is -0.383 e. The minimum atomic E-state index is -0.284. The Morgan fingerprint density at radius 1 is 1.04 bits per heavy atom. The van der Waals surface area contributed by atoms with E-state index in [9.17, 15) is 10.1 Å².